The summed E-state index contributed by atoms with van der Waals surface area (Å²) in [6.07, 6.45) is 11.5. The summed E-state index contributed by atoms with van der Waals surface area (Å²) in [6.45, 7) is 0. The topological polar surface area (TPSA) is 0 Å². The van der Waals surface area contributed by atoms with Gasteiger partial charge in [-0.3, -0.25) is 0 Å². The SMILES string of the molecule is [CH]1C=CC(C2CC2)=C1. The van der Waals surface area contributed by atoms with Gasteiger partial charge >= 0.3 is 0 Å². The molecule has 0 heterocycles. The second-order valence-corrected chi connectivity index (χ2v) is 2.49. The van der Waals surface area contributed by atoms with Crippen LogP contribution in [0.25, 0.3) is 0 Å². The van der Waals surface area contributed by atoms with Gasteiger partial charge in [0.1, 0.15) is 0 Å². The minimum atomic E-state index is 0.935. The third-order valence-corrected chi connectivity index (χ3v) is 1.74. The van der Waals surface area contributed by atoms with E-state index in [0.29, 0.717) is 0 Å². The fraction of sp³-hybridized carbons (Fsp3) is 0.375. The summed E-state index contributed by atoms with van der Waals surface area (Å²) in [5.74, 6) is 0.935. The largest absolute Gasteiger partial charge is 0.0764 e. The first kappa shape index (κ1) is 4.37. The third kappa shape index (κ3) is 0.605. The van der Waals surface area contributed by atoms with Gasteiger partial charge in [0.25, 0.3) is 0 Å². The summed E-state index contributed by atoms with van der Waals surface area (Å²) < 4.78 is 0. The predicted octanol–water partition coefficient (Wildman–Crippen LogP) is 2.10. The van der Waals surface area contributed by atoms with Crippen LogP contribution in [0.2, 0.25) is 0 Å². The van der Waals surface area contributed by atoms with Crippen molar-refractivity contribution in [3.8, 4) is 0 Å². The average molecular weight is 105 g/mol. The number of hydrogen-bond donors (Lipinski definition) is 0. The molecule has 0 aromatic heterocycles. The van der Waals surface area contributed by atoms with Crippen LogP contribution in [0.3, 0.4) is 0 Å². The minimum Gasteiger partial charge on any atom is -0.0764 e. The molecule has 0 aromatic carbocycles. The van der Waals surface area contributed by atoms with Gasteiger partial charge in [0.2, 0.25) is 0 Å². The molecule has 0 bridgehead atoms. The van der Waals surface area contributed by atoms with Gasteiger partial charge in [0, 0.05) is 6.42 Å². The van der Waals surface area contributed by atoms with Crippen LogP contribution < -0.4 is 0 Å². The Hall–Kier alpha value is -0.520. The van der Waals surface area contributed by atoms with E-state index in [4.69, 9.17) is 0 Å². The Bertz CT molecular complexity index is 147. The van der Waals surface area contributed by atoms with E-state index in [2.05, 4.69) is 24.6 Å². The summed E-state index contributed by atoms with van der Waals surface area (Å²) in [5.41, 5.74) is 1.55. The Labute approximate surface area is 49.9 Å². The molecule has 0 nitrogen and oxygen atoms in total. The smallest absolute Gasteiger partial charge is 0.00536 e. The molecule has 0 unspecified atom stereocenters. The van der Waals surface area contributed by atoms with Crippen LogP contribution in [0.5, 0.6) is 0 Å². The Balaban J connectivity index is 2.13. The lowest BCUT2D eigenvalue weighted by Crippen LogP contribution is -1.73. The van der Waals surface area contributed by atoms with E-state index in [1.165, 1.54) is 12.8 Å². The van der Waals surface area contributed by atoms with Crippen molar-refractivity contribution >= 4 is 0 Å². The van der Waals surface area contributed by atoms with Crippen LogP contribution in [-0.2, 0) is 0 Å². The normalized spacial score (nSPS) is 26.2. The Morgan fingerprint density at radius 1 is 1.38 bits per heavy atom. The molecule has 0 atom stereocenters. The second-order valence-electron chi connectivity index (χ2n) is 2.49. The summed E-state index contributed by atoms with van der Waals surface area (Å²) in [7, 11) is 0. The summed E-state index contributed by atoms with van der Waals surface area (Å²) in [4.78, 5) is 0. The molecule has 2 aliphatic rings. The Morgan fingerprint density at radius 2 is 2.25 bits per heavy atom. The molecule has 2 aliphatic carbocycles. The molecule has 0 aromatic rings. The highest BCUT2D eigenvalue weighted by atomic mass is 14.3. The molecule has 8 heavy (non-hydrogen) atoms. The first-order chi connectivity index (χ1) is 3.97. The van der Waals surface area contributed by atoms with Gasteiger partial charge in [0.05, 0.1) is 0 Å². The van der Waals surface area contributed by atoms with Crippen LogP contribution in [-0.4, -0.2) is 0 Å². The highest BCUT2D eigenvalue weighted by molar-refractivity contribution is 5.37. The maximum Gasteiger partial charge on any atom is 0.00536 e. The van der Waals surface area contributed by atoms with Crippen molar-refractivity contribution in [3.05, 3.63) is 30.2 Å². The molecule has 0 saturated heterocycles. The lowest BCUT2D eigenvalue weighted by molar-refractivity contribution is 1.06. The van der Waals surface area contributed by atoms with E-state index in [-0.39, 0.29) is 0 Å². The predicted molar refractivity (Wildman–Crippen MR) is 34.2 cm³/mol. The Kier molecular flexibility index (Phi) is 0.806. The zero-order valence-corrected chi connectivity index (χ0v) is 4.80. The van der Waals surface area contributed by atoms with Crippen molar-refractivity contribution in [1.82, 2.24) is 0 Å². The fourth-order valence-electron chi connectivity index (χ4n) is 1.08. The molecule has 1 radical (unpaired) electrons. The van der Waals surface area contributed by atoms with Crippen LogP contribution in [0, 0.1) is 12.3 Å². The average Bonchev–Trinajstić information content (AvgIpc) is 2.49. The summed E-state index contributed by atoms with van der Waals surface area (Å²) in [5, 5.41) is 0. The molecule has 0 aliphatic heterocycles. The number of rotatable bonds is 1. The van der Waals surface area contributed by atoms with Gasteiger partial charge in [0.15, 0.2) is 0 Å². The van der Waals surface area contributed by atoms with Gasteiger partial charge in [-0.2, -0.15) is 0 Å². The second kappa shape index (κ2) is 1.48. The van der Waals surface area contributed by atoms with E-state index in [1.54, 1.807) is 5.57 Å². The zero-order chi connectivity index (χ0) is 5.40. The lowest BCUT2D eigenvalue weighted by Gasteiger charge is -1.87. The van der Waals surface area contributed by atoms with Crippen molar-refractivity contribution < 1.29 is 0 Å². The maximum absolute atomic E-state index is 2.22. The molecule has 0 spiro atoms. The first-order valence-electron chi connectivity index (χ1n) is 3.18. The maximum atomic E-state index is 2.22. The molecule has 1 fully saturated rings. The lowest BCUT2D eigenvalue weighted by atomic mass is 10.2. The van der Waals surface area contributed by atoms with E-state index in [0.717, 1.165) is 5.92 Å². The highest BCUT2D eigenvalue weighted by Gasteiger charge is 2.24. The van der Waals surface area contributed by atoms with Gasteiger partial charge in [-0.15, -0.1) is 0 Å². The van der Waals surface area contributed by atoms with E-state index in [1.807, 2.05) is 0 Å². The minimum absolute atomic E-state index is 0.935. The number of allylic oxidation sites excluding steroid dienone is 4. The molecule has 41 valence electrons. The van der Waals surface area contributed by atoms with E-state index in [9.17, 15) is 0 Å². The van der Waals surface area contributed by atoms with Gasteiger partial charge < -0.3 is 0 Å². The van der Waals surface area contributed by atoms with E-state index < -0.39 is 0 Å². The van der Waals surface area contributed by atoms with Crippen LogP contribution >= 0.6 is 0 Å². The molecule has 1 saturated carbocycles. The van der Waals surface area contributed by atoms with Gasteiger partial charge in [-0.1, -0.05) is 18.2 Å². The third-order valence-electron chi connectivity index (χ3n) is 1.74. The Morgan fingerprint density at radius 3 is 2.75 bits per heavy atom. The zero-order valence-electron chi connectivity index (χ0n) is 4.80. The van der Waals surface area contributed by atoms with Gasteiger partial charge in [-0.25, -0.2) is 0 Å². The van der Waals surface area contributed by atoms with Crippen LogP contribution in [0.4, 0.5) is 0 Å². The molecular formula is C8H9. The van der Waals surface area contributed by atoms with Crippen molar-refractivity contribution in [1.29, 1.82) is 0 Å². The number of hydrogen-bond acceptors (Lipinski definition) is 0. The van der Waals surface area contributed by atoms with Crippen molar-refractivity contribution in [3.63, 3.8) is 0 Å². The van der Waals surface area contributed by atoms with E-state index >= 15 is 0 Å². The van der Waals surface area contributed by atoms with Crippen LogP contribution in [0.1, 0.15) is 12.8 Å². The van der Waals surface area contributed by atoms with Gasteiger partial charge in [-0.05, 0) is 24.3 Å². The summed E-state index contributed by atoms with van der Waals surface area (Å²) in [6, 6.07) is 0. The van der Waals surface area contributed by atoms with Crippen LogP contribution in [0.15, 0.2) is 23.8 Å². The van der Waals surface area contributed by atoms with Crippen molar-refractivity contribution in [2.45, 2.75) is 12.8 Å². The molecule has 2 rings (SSSR count). The monoisotopic (exact) mass is 105 g/mol. The molecular weight excluding hydrogens is 96.1 g/mol. The summed E-state index contributed by atoms with van der Waals surface area (Å²) >= 11 is 0. The first-order valence-corrected chi connectivity index (χ1v) is 3.18. The van der Waals surface area contributed by atoms with Crippen molar-refractivity contribution in [2.75, 3.05) is 0 Å². The standard InChI is InChI=1S/C8H9/c1-2-4-7(3-1)8-5-6-8/h1-4,8H,5-6H2. The molecule has 0 amide bonds. The quantitative estimate of drug-likeness (QED) is 0.479. The molecule has 0 N–H and O–H groups in total. The van der Waals surface area contributed by atoms with Crippen molar-refractivity contribution in [2.24, 2.45) is 5.92 Å². The fourth-order valence-corrected chi connectivity index (χ4v) is 1.08. The molecule has 0 heteroatoms. The highest BCUT2D eigenvalue weighted by Crippen LogP contribution is 2.38.